The van der Waals surface area contributed by atoms with Crippen LogP contribution in [-0.2, 0) is 9.47 Å². The van der Waals surface area contributed by atoms with Crippen molar-refractivity contribution in [3.05, 3.63) is 42.2 Å². The lowest BCUT2D eigenvalue weighted by Gasteiger charge is -2.26. The Balaban J connectivity index is 1.76. The van der Waals surface area contributed by atoms with Crippen molar-refractivity contribution in [3.63, 3.8) is 0 Å². The molecule has 1 aliphatic carbocycles. The summed E-state index contributed by atoms with van der Waals surface area (Å²) < 4.78 is 16.4. The van der Waals surface area contributed by atoms with Crippen LogP contribution >= 0.6 is 0 Å². The van der Waals surface area contributed by atoms with E-state index in [9.17, 15) is 4.79 Å². The van der Waals surface area contributed by atoms with E-state index in [-0.39, 0.29) is 0 Å². The monoisotopic (exact) mass is 274 g/mol. The molecule has 0 N–H and O–H groups in total. The molecular weight excluding hydrogens is 256 g/mol. The number of benzene rings is 1. The summed E-state index contributed by atoms with van der Waals surface area (Å²) in [6.07, 6.45) is 2.54. The van der Waals surface area contributed by atoms with Crippen LogP contribution in [0.15, 0.2) is 36.6 Å². The second-order valence-electron chi connectivity index (χ2n) is 5.50. The average Bonchev–Trinajstić information content (AvgIpc) is 3.00. The van der Waals surface area contributed by atoms with E-state index in [1.54, 1.807) is 0 Å². The van der Waals surface area contributed by atoms with Gasteiger partial charge in [0.15, 0.2) is 5.60 Å². The molecule has 1 saturated carbocycles. The number of aryl methyl sites for hydroxylation is 1. The van der Waals surface area contributed by atoms with Crippen LogP contribution in [0, 0.1) is 6.92 Å². The van der Waals surface area contributed by atoms with E-state index in [1.165, 1.54) is 0 Å². The van der Waals surface area contributed by atoms with Gasteiger partial charge in [-0.05, 0) is 44.7 Å². The zero-order valence-electron chi connectivity index (χ0n) is 11.6. The Morgan fingerprint density at radius 3 is 2.60 bits per heavy atom. The van der Waals surface area contributed by atoms with Gasteiger partial charge in [-0.1, -0.05) is 24.3 Å². The molecule has 0 radical (unpaired) electrons. The smallest absolute Gasteiger partial charge is 0.458 e. The van der Waals surface area contributed by atoms with Crippen LogP contribution < -0.4 is 4.74 Å². The molecule has 0 aromatic heterocycles. The van der Waals surface area contributed by atoms with Gasteiger partial charge in [-0.25, -0.2) is 4.79 Å². The first kappa shape index (κ1) is 13.0. The molecule has 4 heteroatoms. The maximum absolute atomic E-state index is 11.5. The summed E-state index contributed by atoms with van der Waals surface area (Å²) >= 11 is 0. The molecule has 106 valence electrons. The van der Waals surface area contributed by atoms with E-state index in [0.29, 0.717) is 11.5 Å². The summed E-state index contributed by atoms with van der Waals surface area (Å²) in [5, 5.41) is 0. The van der Waals surface area contributed by atoms with Gasteiger partial charge in [-0.15, -0.1) is 0 Å². The summed E-state index contributed by atoms with van der Waals surface area (Å²) in [7, 11) is 0. The Morgan fingerprint density at radius 1 is 1.30 bits per heavy atom. The van der Waals surface area contributed by atoms with Crippen molar-refractivity contribution in [3.8, 4) is 5.75 Å². The lowest BCUT2D eigenvalue weighted by Crippen LogP contribution is -2.39. The molecule has 20 heavy (non-hydrogen) atoms. The molecule has 0 amide bonds. The molecular formula is C16H18O4. The summed E-state index contributed by atoms with van der Waals surface area (Å²) in [5.41, 5.74) is 0.588. The van der Waals surface area contributed by atoms with Crippen LogP contribution in [0.5, 0.6) is 5.75 Å². The van der Waals surface area contributed by atoms with Gasteiger partial charge in [-0.3, -0.25) is 0 Å². The molecule has 1 aliphatic heterocycles. The predicted octanol–water partition coefficient (Wildman–Crippen LogP) is 3.74. The fourth-order valence-corrected chi connectivity index (χ4v) is 2.96. The van der Waals surface area contributed by atoms with E-state index < -0.39 is 17.9 Å². The zero-order chi connectivity index (χ0) is 14.2. The molecule has 2 fully saturated rings. The first-order valence-corrected chi connectivity index (χ1v) is 6.92. The molecule has 1 atom stereocenters. The first-order chi connectivity index (χ1) is 9.59. The highest BCUT2D eigenvalue weighted by Crippen LogP contribution is 2.44. The number of hydrogen-bond donors (Lipinski definition) is 0. The van der Waals surface area contributed by atoms with Gasteiger partial charge in [0.2, 0.25) is 6.10 Å². The quantitative estimate of drug-likeness (QED) is 0.622. The van der Waals surface area contributed by atoms with Crippen LogP contribution in [0.3, 0.4) is 0 Å². The predicted molar refractivity (Wildman–Crippen MR) is 73.5 cm³/mol. The molecule has 3 rings (SSSR count). The van der Waals surface area contributed by atoms with E-state index in [0.717, 1.165) is 31.2 Å². The fourth-order valence-electron chi connectivity index (χ4n) is 2.96. The summed E-state index contributed by atoms with van der Waals surface area (Å²) in [6, 6.07) is 7.68. The van der Waals surface area contributed by atoms with Crippen LogP contribution in [0.1, 0.15) is 31.2 Å². The van der Waals surface area contributed by atoms with Crippen molar-refractivity contribution in [1.82, 2.24) is 0 Å². The van der Waals surface area contributed by atoms with E-state index in [1.807, 2.05) is 31.2 Å². The van der Waals surface area contributed by atoms with E-state index in [2.05, 4.69) is 6.58 Å². The van der Waals surface area contributed by atoms with Crippen molar-refractivity contribution >= 4 is 6.16 Å². The van der Waals surface area contributed by atoms with Crippen LogP contribution in [0.4, 0.5) is 4.79 Å². The second-order valence-corrected chi connectivity index (χ2v) is 5.50. The van der Waals surface area contributed by atoms with Crippen molar-refractivity contribution in [2.75, 3.05) is 0 Å². The lowest BCUT2D eigenvalue weighted by molar-refractivity contribution is 0.0362. The van der Waals surface area contributed by atoms with Crippen molar-refractivity contribution in [1.29, 1.82) is 0 Å². The molecule has 1 saturated heterocycles. The topological polar surface area (TPSA) is 44.8 Å². The summed E-state index contributed by atoms with van der Waals surface area (Å²) in [5.74, 6) is 1.12. The number of carbonyl (C=O) groups excluding carboxylic acids is 1. The number of carbonyl (C=O) groups is 1. The van der Waals surface area contributed by atoms with Crippen LogP contribution in [0.2, 0.25) is 0 Å². The van der Waals surface area contributed by atoms with Crippen LogP contribution in [-0.4, -0.2) is 17.9 Å². The summed E-state index contributed by atoms with van der Waals surface area (Å²) in [6.45, 7) is 5.94. The third kappa shape index (κ3) is 2.26. The second kappa shape index (κ2) is 4.85. The average molecular weight is 274 g/mol. The zero-order valence-corrected chi connectivity index (χ0v) is 11.6. The molecule has 1 spiro atoms. The molecule has 2 aliphatic rings. The van der Waals surface area contributed by atoms with Gasteiger partial charge in [0.25, 0.3) is 0 Å². The van der Waals surface area contributed by atoms with Gasteiger partial charge in [0.1, 0.15) is 11.5 Å². The van der Waals surface area contributed by atoms with Gasteiger partial charge >= 0.3 is 6.16 Å². The first-order valence-electron chi connectivity index (χ1n) is 6.92. The molecule has 1 unspecified atom stereocenters. The maximum Gasteiger partial charge on any atom is 0.509 e. The molecule has 1 aromatic carbocycles. The standard InChI is InChI=1S/C16H18O4/c1-11-5-7-13(8-6-11)18-12(2)14-16(9-3-4-10-16)20-15(17)19-14/h5-8,14H,2-4,9-10H2,1H3. The Morgan fingerprint density at radius 2 is 1.95 bits per heavy atom. The highest BCUT2D eigenvalue weighted by atomic mass is 16.8. The van der Waals surface area contributed by atoms with Crippen molar-refractivity contribution < 1.29 is 19.0 Å². The normalized spacial score (nSPS) is 23.4. The highest BCUT2D eigenvalue weighted by Gasteiger charge is 2.54. The highest BCUT2D eigenvalue weighted by molar-refractivity contribution is 5.64. The Hall–Kier alpha value is -1.97. The fraction of sp³-hybridized carbons (Fsp3) is 0.438. The third-order valence-electron chi connectivity index (χ3n) is 3.99. The number of rotatable bonds is 3. The third-order valence-corrected chi connectivity index (χ3v) is 3.99. The minimum Gasteiger partial charge on any atom is -0.458 e. The van der Waals surface area contributed by atoms with Crippen LogP contribution in [0.25, 0.3) is 0 Å². The number of hydrogen-bond acceptors (Lipinski definition) is 4. The van der Waals surface area contributed by atoms with E-state index in [4.69, 9.17) is 14.2 Å². The van der Waals surface area contributed by atoms with Gasteiger partial charge in [0.05, 0.1) is 0 Å². The van der Waals surface area contributed by atoms with Gasteiger partial charge in [-0.2, -0.15) is 0 Å². The SMILES string of the molecule is C=C(Oc1ccc(C)cc1)C1OC(=O)OC12CCCC2. The van der Waals surface area contributed by atoms with Gasteiger partial charge < -0.3 is 14.2 Å². The Kier molecular flexibility index (Phi) is 3.16. The Labute approximate surface area is 118 Å². The molecule has 4 nitrogen and oxygen atoms in total. The molecule has 1 aromatic rings. The minimum atomic E-state index is -0.620. The molecule has 1 heterocycles. The maximum atomic E-state index is 11.5. The Bertz CT molecular complexity index is 526. The number of ether oxygens (including phenoxy) is 3. The van der Waals surface area contributed by atoms with Gasteiger partial charge in [0, 0.05) is 0 Å². The lowest BCUT2D eigenvalue weighted by atomic mass is 9.94. The van der Waals surface area contributed by atoms with Crippen molar-refractivity contribution in [2.24, 2.45) is 0 Å². The summed E-state index contributed by atoms with van der Waals surface area (Å²) in [4.78, 5) is 11.5. The molecule has 0 bridgehead atoms. The van der Waals surface area contributed by atoms with Crippen molar-refractivity contribution in [2.45, 2.75) is 44.3 Å². The minimum absolute atomic E-state index is 0.432. The largest absolute Gasteiger partial charge is 0.509 e. The van der Waals surface area contributed by atoms with E-state index >= 15 is 0 Å². The number of cyclic esters (lactones) is 1.